The maximum Gasteiger partial charge on any atom is 0.192 e. The first-order chi connectivity index (χ1) is 9.96. The van der Waals surface area contributed by atoms with Gasteiger partial charge in [0, 0.05) is 11.8 Å². The molecule has 0 radical (unpaired) electrons. The summed E-state index contributed by atoms with van der Waals surface area (Å²) in [6, 6.07) is 0. The lowest BCUT2D eigenvalue weighted by molar-refractivity contribution is -0.125. The molecule has 0 bridgehead atoms. The predicted octanol–water partition coefficient (Wildman–Crippen LogP) is 1.93. The Kier molecular flexibility index (Phi) is 5.84. The molecule has 0 aromatic heterocycles. The van der Waals surface area contributed by atoms with Gasteiger partial charge < -0.3 is 0 Å². The summed E-state index contributed by atoms with van der Waals surface area (Å²) in [7, 11) is 9.29. The van der Waals surface area contributed by atoms with E-state index in [0.29, 0.717) is 12.8 Å². The number of ketones is 2. The summed E-state index contributed by atoms with van der Waals surface area (Å²) in [5.74, 6) is -0.413. The molecular weight excluding hydrogens is 301 g/mol. The normalized spacial score (nSPS) is 21.3. The zero-order valence-corrected chi connectivity index (χ0v) is 15.8. The van der Waals surface area contributed by atoms with Crippen LogP contribution in [0.15, 0.2) is 9.96 Å². The minimum absolute atomic E-state index is 0.00817. The summed E-state index contributed by atoms with van der Waals surface area (Å²) >= 11 is 0. The van der Waals surface area contributed by atoms with Crippen LogP contribution in [-0.4, -0.2) is 73.6 Å². The Bertz CT molecular complexity index is 521. The molecule has 7 nitrogen and oxygen atoms in total. The quantitative estimate of drug-likeness (QED) is 0.582. The lowest BCUT2D eigenvalue weighted by Crippen LogP contribution is -2.41. The van der Waals surface area contributed by atoms with Crippen LogP contribution in [0.4, 0.5) is 0 Å². The summed E-state index contributed by atoms with van der Waals surface area (Å²) in [6.07, 6.45) is 0.920. The molecular formula is C14H28N5O2P. The van der Waals surface area contributed by atoms with Crippen LogP contribution < -0.4 is 0 Å². The average molecular weight is 329 g/mol. The van der Waals surface area contributed by atoms with E-state index in [1.165, 1.54) is 0 Å². The van der Waals surface area contributed by atoms with Crippen molar-refractivity contribution in [2.75, 3.05) is 42.3 Å². The second kappa shape index (κ2) is 6.71. The van der Waals surface area contributed by atoms with E-state index in [2.05, 4.69) is 9.96 Å². The number of Topliss-reactive ketones (excluding diaryl/α,β-unsaturated/α-hetero) is 2. The zero-order chi connectivity index (χ0) is 17.3. The highest BCUT2D eigenvalue weighted by atomic mass is 31.2. The molecule has 0 aromatic rings. The summed E-state index contributed by atoms with van der Waals surface area (Å²) in [5.41, 5.74) is -0.552. The van der Waals surface area contributed by atoms with E-state index in [0.717, 1.165) is 0 Å². The van der Waals surface area contributed by atoms with Crippen LogP contribution in [0.2, 0.25) is 0 Å². The highest BCUT2D eigenvalue weighted by Crippen LogP contribution is 2.54. The second-order valence-electron chi connectivity index (χ2n) is 6.75. The molecule has 0 unspecified atom stereocenters. The fourth-order valence-electron chi connectivity index (χ4n) is 2.62. The van der Waals surface area contributed by atoms with Gasteiger partial charge in [-0.25, -0.2) is 0 Å². The Morgan fingerprint density at radius 1 is 0.955 bits per heavy atom. The molecule has 22 heavy (non-hydrogen) atoms. The Hall–Kier alpha value is -0.880. The molecule has 0 heterocycles. The number of rotatable bonds is 4. The van der Waals surface area contributed by atoms with Crippen molar-refractivity contribution in [3.05, 3.63) is 0 Å². The molecule has 1 saturated carbocycles. The van der Waals surface area contributed by atoms with Gasteiger partial charge >= 0.3 is 0 Å². The van der Waals surface area contributed by atoms with Gasteiger partial charge in [-0.1, -0.05) is 13.8 Å². The standard InChI is InChI=1S/C14H28N5O2P/c1-14(2)10-9-11(20)12(13(14)21)15-16-22(17(3)4,18(5)6)19(7)8/h9-10H2,1-8H3. The molecule has 126 valence electrons. The maximum atomic E-state index is 12.4. The topological polar surface area (TPSA) is 68.6 Å². The Morgan fingerprint density at radius 3 is 1.82 bits per heavy atom. The van der Waals surface area contributed by atoms with Gasteiger partial charge in [-0.15, -0.1) is 9.96 Å². The SMILES string of the molecule is CN(C)P(=NN=C1C(=O)CCC(C)(C)C1=O)(N(C)C)N(C)C. The Labute approximate surface area is 133 Å². The van der Waals surface area contributed by atoms with Crippen LogP contribution in [0.5, 0.6) is 0 Å². The number of hydrogen-bond acceptors (Lipinski definition) is 3. The van der Waals surface area contributed by atoms with Crippen molar-refractivity contribution >= 4 is 24.8 Å². The molecule has 0 aliphatic heterocycles. The second-order valence-corrected chi connectivity index (χ2v) is 10.4. The number of nitrogens with zero attached hydrogens (tertiary/aromatic N) is 5. The highest BCUT2D eigenvalue weighted by Gasteiger charge is 2.40. The van der Waals surface area contributed by atoms with Crippen LogP contribution in [0.25, 0.3) is 0 Å². The summed E-state index contributed by atoms with van der Waals surface area (Å²) in [6.45, 7) is 3.70. The summed E-state index contributed by atoms with van der Waals surface area (Å²) in [4.78, 5) is 29.0. The molecule has 0 aromatic carbocycles. The van der Waals surface area contributed by atoms with E-state index < -0.39 is 12.9 Å². The van der Waals surface area contributed by atoms with Crippen molar-refractivity contribution in [3.63, 3.8) is 0 Å². The van der Waals surface area contributed by atoms with E-state index >= 15 is 0 Å². The van der Waals surface area contributed by atoms with Gasteiger partial charge in [0.15, 0.2) is 24.8 Å². The van der Waals surface area contributed by atoms with Crippen molar-refractivity contribution < 1.29 is 9.59 Å². The fourth-order valence-corrected chi connectivity index (χ4v) is 5.46. The van der Waals surface area contributed by atoms with E-state index in [-0.39, 0.29) is 17.3 Å². The molecule has 1 aliphatic rings. The van der Waals surface area contributed by atoms with Crippen molar-refractivity contribution in [1.29, 1.82) is 0 Å². The van der Waals surface area contributed by atoms with E-state index in [9.17, 15) is 9.59 Å². The van der Waals surface area contributed by atoms with Gasteiger partial charge in [0.05, 0.1) is 0 Å². The smallest absolute Gasteiger partial charge is 0.192 e. The van der Waals surface area contributed by atoms with Crippen molar-refractivity contribution in [2.24, 2.45) is 15.4 Å². The summed E-state index contributed by atoms with van der Waals surface area (Å²) in [5, 5.41) is 4.14. The number of hydrogen-bond donors (Lipinski definition) is 0. The minimum atomic E-state index is -2.24. The van der Waals surface area contributed by atoms with E-state index in [1.807, 2.05) is 70.1 Å². The monoisotopic (exact) mass is 329 g/mol. The Morgan fingerprint density at radius 2 is 1.41 bits per heavy atom. The van der Waals surface area contributed by atoms with Crippen LogP contribution in [-0.2, 0) is 9.59 Å². The third kappa shape index (κ3) is 3.38. The van der Waals surface area contributed by atoms with Crippen LogP contribution >= 0.6 is 7.51 Å². The summed E-state index contributed by atoms with van der Waals surface area (Å²) < 4.78 is 5.96. The van der Waals surface area contributed by atoms with Gasteiger partial charge in [-0.3, -0.25) is 23.6 Å². The van der Waals surface area contributed by atoms with Gasteiger partial charge in [-0.2, -0.15) is 0 Å². The predicted molar refractivity (Wildman–Crippen MR) is 90.9 cm³/mol. The Balaban J connectivity index is 3.44. The van der Waals surface area contributed by atoms with Gasteiger partial charge in [0.25, 0.3) is 0 Å². The van der Waals surface area contributed by atoms with Crippen molar-refractivity contribution in [3.8, 4) is 0 Å². The largest absolute Gasteiger partial charge is 0.292 e. The molecule has 1 rings (SSSR count). The van der Waals surface area contributed by atoms with E-state index in [4.69, 9.17) is 0 Å². The molecule has 1 fully saturated rings. The average Bonchev–Trinajstić information content (AvgIpc) is 2.37. The molecule has 1 aliphatic carbocycles. The molecule has 0 N–H and O–H groups in total. The lowest BCUT2D eigenvalue weighted by Gasteiger charge is -2.39. The minimum Gasteiger partial charge on any atom is -0.292 e. The van der Waals surface area contributed by atoms with Gasteiger partial charge in [0.1, 0.15) is 0 Å². The number of carbonyl (C=O) groups is 2. The zero-order valence-electron chi connectivity index (χ0n) is 14.9. The number of carbonyl (C=O) groups excluding carboxylic acids is 2. The molecule has 0 atom stereocenters. The highest BCUT2D eigenvalue weighted by molar-refractivity contribution is 7.58. The molecule has 0 amide bonds. The van der Waals surface area contributed by atoms with Crippen molar-refractivity contribution in [2.45, 2.75) is 26.7 Å². The van der Waals surface area contributed by atoms with E-state index in [1.54, 1.807) is 0 Å². The van der Waals surface area contributed by atoms with Crippen LogP contribution in [0.3, 0.4) is 0 Å². The fraction of sp³-hybridized carbons (Fsp3) is 0.786. The molecule has 8 heteroatoms. The maximum absolute atomic E-state index is 12.4. The first kappa shape index (κ1) is 19.2. The first-order valence-corrected chi connectivity index (χ1v) is 8.87. The van der Waals surface area contributed by atoms with Crippen molar-refractivity contribution in [1.82, 2.24) is 14.0 Å². The lowest BCUT2D eigenvalue weighted by atomic mass is 9.75. The first-order valence-electron chi connectivity index (χ1n) is 7.27. The van der Waals surface area contributed by atoms with Gasteiger partial charge in [-0.05, 0) is 48.7 Å². The molecule has 0 spiro atoms. The molecule has 0 saturated heterocycles. The third-order valence-corrected chi connectivity index (χ3v) is 7.50. The van der Waals surface area contributed by atoms with Crippen LogP contribution in [0, 0.1) is 5.41 Å². The third-order valence-electron chi connectivity index (χ3n) is 3.95. The van der Waals surface area contributed by atoms with Crippen LogP contribution in [0.1, 0.15) is 26.7 Å². The van der Waals surface area contributed by atoms with Gasteiger partial charge in [0.2, 0.25) is 0 Å².